The van der Waals surface area contributed by atoms with Gasteiger partial charge in [-0.15, -0.1) is 0 Å². The van der Waals surface area contributed by atoms with Crippen LogP contribution in [0.2, 0.25) is 0 Å². The Balaban J connectivity index is 1.83. The van der Waals surface area contributed by atoms with E-state index in [-0.39, 0.29) is 0 Å². The van der Waals surface area contributed by atoms with E-state index >= 15 is 0 Å². The van der Waals surface area contributed by atoms with Gasteiger partial charge in [0.1, 0.15) is 5.75 Å². The summed E-state index contributed by atoms with van der Waals surface area (Å²) in [5.41, 5.74) is 1.30. The molecule has 1 fully saturated rings. The second kappa shape index (κ2) is 6.03. The maximum atomic E-state index is 5.37. The Hall–Kier alpha value is -1.06. The third-order valence-corrected chi connectivity index (χ3v) is 3.35. The summed E-state index contributed by atoms with van der Waals surface area (Å²) in [7, 11) is 1.69. The van der Waals surface area contributed by atoms with E-state index in [4.69, 9.17) is 9.47 Å². The third kappa shape index (κ3) is 3.45. The SMILES string of the molecule is COc1ccc(C(C)NCC2CCOC2)cc1. The molecule has 1 aliphatic heterocycles. The molecule has 17 heavy (non-hydrogen) atoms. The number of nitrogens with one attached hydrogen (secondary N) is 1. The molecule has 2 rings (SSSR count). The smallest absolute Gasteiger partial charge is 0.118 e. The van der Waals surface area contributed by atoms with E-state index in [0.29, 0.717) is 12.0 Å². The van der Waals surface area contributed by atoms with Crippen molar-refractivity contribution < 1.29 is 9.47 Å². The third-order valence-electron chi connectivity index (χ3n) is 3.35. The van der Waals surface area contributed by atoms with Crippen LogP contribution in [0, 0.1) is 5.92 Å². The molecule has 3 heteroatoms. The fraction of sp³-hybridized carbons (Fsp3) is 0.571. The van der Waals surface area contributed by atoms with Gasteiger partial charge >= 0.3 is 0 Å². The standard InChI is InChI=1S/C14H21NO2/c1-11(15-9-12-7-8-17-10-12)13-3-5-14(16-2)6-4-13/h3-6,11-12,15H,7-10H2,1-2H3. The summed E-state index contributed by atoms with van der Waals surface area (Å²) in [4.78, 5) is 0. The van der Waals surface area contributed by atoms with Gasteiger partial charge in [-0.3, -0.25) is 0 Å². The summed E-state index contributed by atoms with van der Waals surface area (Å²) in [5, 5.41) is 3.56. The molecule has 2 unspecified atom stereocenters. The Bertz CT molecular complexity index is 331. The lowest BCUT2D eigenvalue weighted by Gasteiger charge is -2.17. The average molecular weight is 235 g/mol. The zero-order chi connectivity index (χ0) is 12.1. The molecule has 1 saturated heterocycles. The van der Waals surface area contributed by atoms with Crippen molar-refractivity contribution in [2.24, 2.45) is 5.92 Å². The number of rotatable bonds is 5. The van der Waals surface area contributed by atoms with Crippen LogP contribution in [0.3, 0.4) is 0 Å². The van der Waals surface area contributed by atoms with Crippen LogP contribution < -0.4 is 10.1 Å². The summed E-state index contributed by atoms with van der Waals surface area (Å²) < 4.78 is 10.5. The minimum atomic E-state index is 0.376. The first-order chi connectivity index (χ1) is 8.29. The molecule has 1 aromatic rings. The van der Waals surface area contributed by atoms with E-state index in [1.165, 1.54) is 12.0 Å². The highest BCUT2D eigenvalue weighted by Gasteiger charge is 2.16. The van der Waals surface area contributed by atoms with Gasteiger partial charge in [0.2, 0.25) is 0 Å². The van der Waals surface area contributed by atoms with Gasteiger partial charge in [0.15, 0.2) is 0 Å². The predicted octanol–water partition coefficient (Wildman–Crippen LogP) is 2.38. The van der Waals surface area contributed by atoms with Gasteiger partial charge in [0.25, 0.3) is 0 Å². The van der Waals surface area contributed by atoms with Crippen LogP contribution >= 0.6 is 0 Å². The van der Waals surface area contributed by atoms with E-state index < -0.39 is 0 Å². The molecule has 1 heterocycles. The molecule has 0 aliphatic carbocycles. The molecule has 3 nitrogen and oxygen atoms in total. The first-order valence-corrected chi connectivity index (χ1v) is 6.24. The Morgan fingerprint density at radius 3 is 2.76 bits per heavy atom. The van der Waals surface area contributed by atoms with Gasteiger partial charge in [0, 0.05) is 19.2 Å². The number of hydrogen-bond acceptors (Lipinski definition) is 3. The molecular formula is C14H21NO2. The van der Waals surface area contributed by atoms with Crippen LogP contribution in [-0.2, 0) is 4.74 Å². The highest BCUT2D eigenvalue weighted by Crippen LogP contribution is 2.18. The maximum absolute atomic E-state index is 5.37. The lowest BCUT2D eigenvalue weighted by molar-refractivity contribution is 0.184. The van der Waals surface area contributed by atoms with Crippen molar-refractivity contribution in [3.63, 3.8) is 0 Å². The second-order valence-electron chi connectivity index (χ2n) is 4.63. The number of benzene rings is 1. The minimum Gasteiger partial charge on any atom is -0.497 e. The van der Waals surface area contributed by atoms with Crippen molar-refractivity contribution >= 4 is 0 Å². The van der Waals surface area contributed by atoms with Gasteiger partial charge in [-0.25, -0.2) is 0 Å². The molecule has 0 saturated carbocycles. The molecule has 0 radical (unpaired) electrons. The predicted molar refractivity (Wildman–Crippen MR) is 68.3 cm³/mol. The number of ether oxygens (including phenoxy) is 2. The van der Waals surface area contributed by atoms with Gasteiger partial charge in [-0.1, -0.05) is 12.1 Å². The van der Waals surface area contributed by atoms with E-state index in [2.05, 4.69) is 24.4 Å². The van der Waals surface area contributed by atoms with Crippen LogP contribution in [0.1, 0.15) is 24.9 Å². The van der Waals surface area contributed by atoms with E-state index in [0.717, 1.165) is 25.5 Å². The highest BCUT2D eigenvalue weighted by atomic mass is 16.5. The zero-order valence-electron chi connectivity index (χ0n) is 10.6. The lowest BCUT2D eigenvalue weighted by Crippen LogP contribution is -2.25. The largest absolute Gasteiger partial charge is 0.497 e. The van der Waals surface area contributed by atoms with Crippen LogP contribution in [-0.4, -0.2) is 26.9 Å². The van der Waals surface area contributed by atoms with Crippen molar-refractivity contribution in [1.29, 1.82) is 0 Å². The van der Waals surface area contributed by atoms with Crippen molar-refractivity contribution in [3.05, 3.63) is 29.8 Å². The van der Waals surface area contributed by atoms with Crippen molar-refractivity contribution in [2.75, 3.05) is 26.9 Å². The molecule has 2 atom stereocenters. The van der Waals surface area contributed by atoms with Gasteiger partial charge in [0.05, 0.1) is 13.7 Å². The van der Waals surface area contributed by atoms with Gasteiger partial charge < -0.3 is 14.8 Å². The maximum Gasteiger partial charge on any atom is 0.118 e. The molecule has 94 valence electrons. The second-order valence-corrected chi connectivity index (χ2v) is 4.63. The Labute approximate surface area is 103 Å². The van der Waals surface area contributed by atoms with Crippen molar-refractivity contribution in [1.82, 2.24) is 5.32 Å². The molecule has 1 N–H and O–H groups in total. The fourth-order valence-corrected chi connectivity index (χ4v) is 2.10. The molecule has 0 spiro atoms. The summed E-state index contributed by atoms with van der Waals surface area (Å²) in [6.07, 6.45) is 1.18. The molecule has 1 aromatic carbocycles. The Morgan fingerprint density at radius 2 is 2.18 bits per heavy atom. The van der Waals surface area contributed by atoms with Crippen LogP contribution in [0.25, 0.3) is 0 Å². The Kier molecular flexibility index (Phi) is 4.40. The molecule has 1 aliphatic rings. The van der Waals surface area contributed by atoms with E-state index in [9.17, 15) is 0 Å². The number of hydrogen-bond donors (Lipinski definition) is 1. The van der Waals surface area contributed by atoms with Crippen LogP contribution in [0.15, 0.2) is 24.3 Å². The van der Waals surface area contributed by atoms with Crippen LogP contribution in [0.5, 0.6) is 5.75 Å². The van der Waals surface area contributed by atoms with E-state index in [1.807, 2.05) is 12.1 Å². The summed E-state index contributed by atoms with van der Waals surface area (Å²) in [6.45, 7) is 5.05. The van der Waals surface area contributed by atoms with E-state index in [1.54, 1.807) is 7.11 Å². The average Bonchev–Trinajstić information content (AvgIpc) is 2.89. The van der Waals surface area contributed by atoms with Gasteiger partial charge in [-0.2, -0.15) is 0 Å². The number of methoxy groups -OCH3 is 1. The van der Waals surface area contributed by atoms with Gasteiger partial charge in [-0.05, 0) is 37.0 Å². The fourth-order valence-electron chi connectivity index (χ4n) is 2.10. The molecular weight excluding hydrogens is 214 g/mol. The minimum absolute atomic E-state index is 0.376. The normalized spacial score (nSPS) is 21.4. The lowest BCUT2D eigenvalue weighted by atomic mass is 10.1. The molecule has 0 aromatic heterocycles. The molecule has 0 bridgehead atoms. The first kappa shape index (κ1) is 12.4. The summed E-state index contributed by atoms with van der Waals surface area (Å²) in [5.74, 6) is 1.58. The Morgan fingerprint density at radius 1 is 1.41 bits per heavy atom. The highest BCUT2D eigenvalue weighted by molar-refractivity contribution is 5.28. The first-order valence-electron chi connectivity index (χ1n) is 6.24. The zero-order valence-corrected chi connectivity index (χ0v) is 10.6. The van der Waals surface area contributed by atoms with Crippen molar-refractivity contribution in [2.45, 2.75) is 19.4 Å². The summed E-state index contributed by atoms with van der Waals surface area (Å²) >= 11 is 0. The van der Waals surface area contributed by atoms with Crippen LogP contribution in [0.4, 0.5) is 0 Å². The quantitative estimate of drug-likeness (QED) is 0.850. The molecule has 0 amide bonds. The van der Waals surface area contributed by atoms with Crippen molar-refractivity contribution in [3.8, 4) is 5.75 Å². The topological polar surface area (TPSA) is 30.5 Å². The monoisotopic (exact) mass is 235 g/mol. The summed E-state index contributed by atoms with van der Waals surface area (Å²) in [6, 6.07) is 8.61.